The Morgan fingerprint density at radius 1 is 0.733 bits per heavy atom. The molecule has 4 rings (SSSR count). The summed E-state index contributed by atoms with van der Waals surface area (Å²) in [4.78, 5) is 0. The molecule has 160 valence electrons. The maximum absolute atomic E-state index is 13.9. The van der Waals surface area contributed by atoms with Gasteiger partial charge in [-0.3, -0.25) is 0 Å². The van der Waals surface area contributed by atoms with Crippen LogP contribution in [0.1, 0.15) is 64.5 Å². The van der Waals surface area contributed by atoms with E-state index in [1.807, 2.05) is 0 Å². The Labute approximate surface area is 183 Å². The van der Waals surface area contributed by atoms with Crippen molar-refractivity contribution < 1.29 is 4.57 Å². The van der Waals surface area contributed by atoms with E-state index in [4.69, 9.17) is 0 Å². The van der Waals surface area contributed by atoms with Crippen LogP contribution in [0, 0.1) is 0 Å². The van der Waals surface area contributed by atoms with Crippen LogP contribution in [0.25, 0.3) is 0 Å². The molecule has 0 bridgehead atoms. The van der Waals surface area contributed by atoms with Gasteiger partial charge in [-0.15, -0.1) is 0 Å². The maximum atomic E-state index is 13.9. The largest absolute Gasteiger partial charge is 0.538 e. The number of fused-ring (bicyclic) bond motifs is 1. The SMILES string of the molecule is CC(C)(CN1[C@@H]2CCCC[C@H]2N(CC(C)(C)c2ccccc2)[P+]1=O)c1ccccc1. The second kappa shape index (κ2) is 8.54. The van der Waals surface area contributed by atoms with E-state index in [2.05, 4.69) is 97.7 Å². The predicted molar refractivity (Wildman–Crippen MR) is 126 cm³/mol. The van der Waals surface area contributed by atoms with Crippen molar-refractivity contribution in [2.24, 2.45) is 0 Å². The van der Waals surface area contributed by atoms with Crippen molar-refractivity contribution in [1.82, 2.24) is 9.34 Å². The van der Waals surface area contributed by atoms with Gasteiger partial charge in [0, 0.05) is 10.8 Å². The first kappa shape index (κ1) is 21.7. The maximum Gasteiger partial charge on any atom is 0.538 e. The summed E-state index contributed by atoms with van der Waals surface area (Å²) in [7, 11) is -1.53. The van der Waals surface area contributed by atoms with Crippen LogP contribution >= 0.6 is 8.10 Å². The van der Waals surface area contributed by atoms with Crippen LogP contribution in [-0.2, 0) is 15.4 Å². The molecule has 2 aliphatic rings. The lowest BCUT2D eigenvalue weighted by Crippen LogP contribution is -2.45. The summed E-state index contributed by atoms with van der Waals surface area (Å²) in [6, 6.07) is 22.2. The molecule has 0 spiro atoms. The summed E-state index contributed by atoms with van der Waals surface area (Å²) in [5, 5.41) is 0. The van der Waals surface area contributed by atoms with Gasteiger partial charge < -0.3 is 0 Å². The third kappa shape index (κ3) is 4.26. The number of rotatable bonds is 6. The monoisotopic (exact) mass is 423 g/mol. The Bertz CT molecular complexity index is 794. The first-order valence-electron chi connectivity index (χ1n) is 11.4. The third-order valence-electron chi connectivity index (χ3n) is 7.12. The fraction of sp³-hybridized carbons (Fsp3) is 0.538. The highest BCUT2D eigenvalue weighted by Gasteiger charge is 2.59. The minimum atomic E-state index is -1.53. The highest BCUT2D eigenvalue weighted by atomic mass is 31.1. The first-order chi connectivity index (χ1) is 14.3. The summed E-state index contributed by atoms with van der Waals surface area (Å²) in [5.74, 6) is 0. The molecule has 1 saturated carbocycles. The molecular weight excluding hydrogens is 387 g/mol. The van der Waals surface area contributed by atoms with Gasteiger partial charge in [0.1, 0.15) is 0 Å². The van der Waals surface area contributed by atoms with Gasteiger partial charge in [0.25, 0.3) is 0 Å². The Kier molecular flexibility index (Phi) is 6.17. The van der Waals surface area contributed by atoms with E-state index in [9.17, 15) is 4.57 Å². The van der Waals surface area contributed by atoms with Crippen molar-refractivity contribution in [2.75, 3.05) is 13.1 Å². The van der Waals surface area contributed by atoms with Crippen molar-refractivity contribution in [3.05, 3.63) is 71.8 Å². The van der Waals surface area contributed by atoms with Gasteiger partial charge >= 0.3 is 8.10 Å². The van der Waals surface area contributed by atoms with Crippen LogP contribution in [0.2, 0.25) is 0 Å². The lowest BCUT2D eigenvalue weighted by Gasteiger charge is -2.32. The molecule has 3 nitrogen and oxygen atoms in total. The lowest BCUT2D eigenvalue weighted by molar-refractivity contribution is 0.177. The molecule has 1 heterocycles. The van der Waals surface area contributed by atoms with Crippen LogP contribution in [0.4, 0.5) is 0 Å². The van der Waals surface area contributed by atoms with Crippen LogP contribution < -0.4 is 0 Å². The van der Waals surface area contributed by atoms with E-state index >= 15 is 0 Å². The van der Waals surface area contributed by atoms with Crippen molar-refractivity contribution in [3.63, 3.8) is 0 Å². The number of hydrogen-bond acceptors (Lipinski definition) is 1. The second-order valence-electron chi connectivity index (χ2n) is 10.4. The number of hydrogen-bond donors (Lipinski definition) is 0. The zero-order valence-electron chi connectivity index (χ0n) is 18.9. The normalized spacial score (nSPS) is 23.5. The van der Waals surface area contributed by atoms with Crippen molar-refractivity contribution in [3.8, 4) is 0 Å². The molecule has 1 saturated heterocycles. The van der Waals surface area contributed by atoms with E-state index in [1.165, 1.54) is 36.8 Å². The molecule has 0 aromatic heterocycles. The molecule has 4 heteroatoms. The van der Waals surface area contributed by atoms with Crippen molar-refractivity contribution in [2.45, 2.75) is 76.3 Å². The van der Waals surface area contributed by atoms with Crippen LogP contribution in [0.3, 0.4) is 0 Å². The number of benzene rings is 2. The fourth-order valence-corrected chi connectivity index (χ4v) is 7.61. The van der Waals surface area contributed by atoms with E-state index in [0.29, 0.717) is 12.1 Å². The van der Waals surface area contributed by atoms with Gasteiger partial charge in [-0.2, -0.15) is 0 Å². The van der Waals surface area contributed by atoms with Gasteiger partial charge in [0.2, 0.25) is 0 Å². The summed E-state index contributed by atoms with van der Waals surface area (Å²) < 4.78 is 18.6. The van der Waals surface area contributed by atoms with E-state index in [0.717, 1.165) is 13.1 Å². The molecule has 2 aromatic rings. The van der Waals surface area contributed by atoms with Crippen LogP contribution in [0.15, 0.2) is 60.7 Å². The molecule has 1 aliphatic heterocycles. The van der Waals surface area contributed by atoms with E-state index < -0.39 is 8.10 Å². The minimum Gasteiger partial charge on any atom is -0.0733 e. The van der Waals surface area contributed by atoms with Gasteiger partial charge in [-0.05, 0) is 28.5 Å². The Balaban J connectivity index is 1.58. The topological polar surface area (TPSA) is 23.6 Å². The molecule has 30 heavy (non-hydrogen) atoms. The van der Waals surface area contributed by atoms with Gasteiger partial charge in [-0.1, -0.05) is 111 Å². The fourth-order valence-electron chi connectivity index (χ4n) is 5.32. The van der Waals surface area contributed by atoms with Crippen molar-refractivity contribution in [1.29, 1.82) is 0 Å². The van der Waals surface area contributed by atoms with Crippen molar-refractivity contribution >= 4 is 8.10 Å². The summed E-state index contributed by atoms with van der Waals surface area (Å²) in [6.07, 6.45) is 4.84. The van der Waals surface area contributed by atoms with Crippen LogP contribution in [-0.4, -0.2) is 34.5 Å². The lowest BCUT2D eigenvalue weighted by atomic mass is 9.82. The van der Waals surface area contributed by atoms with Gasteiger partial charge in [0.15, 0.2) is 0 Å². The average molecular weight is 424 g/mol. The molecule has 0 N–H and O–H groups in total. The molecule has 1 aliphatic carbocycles. The highest BCUT2D eigenvalue weighted by Crippen LogP contribution is 2.52. The zero-order chi connectivity index (χ0) is 21.4. The Morgan fingerprint density at radius 2 is 1.10 bits per heavy atom. The predicted octanol–water partition coefficient (Wildman–Crippen LogP) is 6.53. The quantitative estimate of drug-likeness (QED) is 0.494. The standard InChI is InChI=1S/C26H36N2OP/c1-25(2,21-13-7-5-8-14-21)19-27-23-17-11-12-18-24(23)28(30(27)29)20-26(3,4)22-15-9-6-10-16-22/h5-10,13-16,23-24H,11-12,17-20H2,1-4H3/q+1/t23-,24-/m1/s1. The zero-order valence-corrected chi connectivity index (χ0v) is 19.8. The molecule has 0 unspecified atom stereocenters. The Hall–Kier alpha value is -1.54. The average Bonchev–Trinajstić information content (AvgIpc) is 3.00. The Morgan fingerprint density at radius 3 is 1.47 bits per heavy atom. The first-order valence-corrected chi connectivity index (χ1v) is 12.6. The molecule has 2 aromatic carbocycles. The molecule has 2 atom stereocenters. The molecule has 0 amide bonds. The molecule has 2 fully saturated rings. The minimum absolute atomic E-state index is 0.0286. The molecule has 0 radical (unpaired) electrons. The summed E-state index contributed by atoms with van der Waals surface area (Å²) in [5.41, 5.74) is 2.59. The molecular formula is C26H36N2OP+. The van der Waals surface area contributed by atoms with E-state index in [1.54, 1.807) is 0 Å². The van der Waals surface area contributed by atoms with Crippen LogP contribution in [0.5, 0.6) is 0 Å². The van der Waals surface area contributed by atoms with E-state index in [-0.39, 0.29) is 10.8 Å². The smallest absolute Gasteiger partial charge is 0.0733 e. The number of nitrogens with zero attached hydrogens (tertiary/aromatic N) is 2. The van der Waals surface area contributed by atoms with Gasteiger partial charge in [-0.25, -0.2) is 0 Å². The summed E-state index contributed by atoms with van der Waals surface area (Å²) in [6.45, 7) is 10.9. The third-order valence-corrected chi connectivity index (χ3v) is 8.88. The second-order valence-corrected chi connectivity index (χ2v) is 11.9. The van der Waals surface area contributed by atoms with Gasteiger partial charge in [0.05, 0.1) is 25.2 Å². The highest BCUT2D eigenvalue weighted by molar-refractivity contribution is 7.39. The summed E-state index contributed by atoms with van der Waals surface area (Å²) >= 11 is 0.